The Morgan fingerprint density at radius 2 is 2.17 bits per heavy atom. The van der Waals surface area contributed by atoms with E-state index in [0.29, 0.717) is 12.2 Å². The van der Waals surface area contributed by atoms with Crippen molar-refractivity contribution in [1.29, 1.82) is 0 Å². The highest BCUT2D eigenvalue weighted by Gasteiger charge is 2.21. The summed E-state index contributed by atoms with van der Waals surface area (Å²) in [6, 6.07) is 6.24. The van der Waals surface area contributed by atoms with Gasteiger partial charge in [0.15, 0.2) is 0 Å². The lowest BCUT2D eigenvalue weighted by atomic mass is 10.1. The third kappa shape index (κ3) is 4.31. The Bertz CT molecular complexity index is 398. The van der Waals surface area contributed by atoms with E-state index < -0.39 is 0 Å². The zero-order valence-corrected chi connectivity index (χ0v) is 11.4. The molecule has 0 heterocycles. The minimum absolute atomic E-state index is 0.175. The summed E-state index contributed by atoms with van der Waals surface area (Å²) >= 11 is 1.31. The number of benzene rings is 1. The van der Waals surface area contributed by atoms with Crippen LogP contribution >= 0.6 is 11.8 Å². The van der Waals surface area contributed by atoms with Crippen molar-refractivity contribution in [3.05, 3.63) is 35.6 Å². The van der Waals surface area contributed by atoms with E-state index in [1.54, 1.807) is 32.0 Å². The quantitative estimate of drug-likeness (QED) is 0.808. The first-order valence-electron chi connectivity index (χ1n) is 5.83. The number of carbonyl (C=O) groups excluding carboxylic acids is 1. The highest BCUT2D eigenvalue weighted by atomic mass is 32.2. The SMILES string of the molecule is CCOC(=O)CSC(c1ccccc1F)C(C)N. The van der Waals surface area contributed by atoms with E-state index in [1.807, 2.05) is 0 Å². The number of halogens is 1. The van der Waals surface area contributed by atoms with Gasteiger partial charge in [0, 0.05) is 16.9 Å². The van der Waals surface area contributed by atoms with E-state index in [4.69, 9.17) is 10.5 Å². The first kappa shape index (κ1) is 15.0. The van der Waals surface area contributed by atoms with Crippen LogP contribution in [-0.2, 0) is 9.53 Å². The van der Waals surface area contributed by atoms with Gasteiger partial charge in [0.05, 0.1) is 12.4 Å². The number of hydrogen-bond acceptors (Lipinski definition) is 4. The Morgan fingerprint density at radius 1 is 1.50 bits per heavy atom. The van der Waals surface area contributed by atoms with Crippen LogP contribution in [0.2, 0.25) is 0 Å². The molecule has 0 saturated heterocycles. The first-order valence-corrected chi connectivity index (χ1v) is 6.88. The zero-order valence-electron chi connectivity index (χ0n) is 10.6. The van der Waals surface area contributed by atoms with Gasteiger partial charge in [-0.25, -0.2) is 4.39 Å². The van der Waals surface area contributed by atoms with E-state index in [0.717, 1.165) is 0 Å². The Labute approximate surface area is 111 Å². The summed E-state index contributed by atoms with van der Waals surface area (Å²) < 4.78 is 18.5. The fourth-order valence-electron chi connectivity index (χ4n) is 1.59. The number of nitrogens with two attached hydrogens (primary N) is 1. The minimum Gasteiger partial charge on any atom is -0.465 e. The van der Waals surface area contributed by atoms with Crippen molar-refractivity contribution in [2.75, 3.05) is 12.4 Å². The Kier molecular flexibility index (Phi) is 6.15. The fraction of sp³-hybridized carbons (Fsp3) is 0.462. The van der Waals surface area contributed by atoms with Gasteiger partial charge in [-0.05, 0) is 19.9 Å². The molecule has 0 saturated carbocycles. The Balaban J connectivity index is 2.72. The second kappa shape index (κ2) is 7.38. The van der Waals surface area contributed by atoms with Crippen molar-refractivity contribution in [2.45, 2.75) is 25.1 Å². The molecule has 0 bridgehead atoms. The summed E-state index contributed by atoms with van der Waals surface area (Å²) in [6.45, 7) is 3.90. The van der Waals surface area contributed by atoms with Crippen molar-refractivity contribution in [3.63, 3.8) is 0 Å². The number of hydrogen-bond donors (Lipinski definition) is 1. The van der Waals surface area contributed by atoms with Crippen LogP contribution in [0, 0.1) is 5.82 Å². The number of thioether (sulfide) groups is 1. The van der Waals surface area contributed by atoms with Gasteiger partial charge in [-0.2, -0.15) is 0 Å². The van der Waals surface area contributed by atoms with Crippen molar-refractivity contribution >= 4 is 17.7 Å². The third-order valence-corrected chi connectivity index (χ3v) is 3.82. The molecule has 1 aromatic rings. The second-order valence-electron chi connectivity index (χ2n) is 3.92. The lowest BCUT2D eigenvalue weighted by Crippen LogP contribution is -2.24. The molecule has 0 radical (unpaired) electrons. The van der Waals surface area contributed by atoms with Gasteiger partial charge in [0.1, 0.15) is 5.82 Å². The molecule has 2 unspecified atom stereocenters. The molecule has 0 aliphatic heterocycles. The molecule has 1 rings (SSSR count). The van der Waals surface area contributed by atoms with E-state index in [9.17, 15) is 9.18 Å². The van der Waals surface area contributed by atoms with E-state index in [1.165, 1.54) is 17.8 Å². The summed E-state index contributed by atoms with van der Waals surface area (Å²) in [4.78, 5) is 11.3. The van der Waals surface area contributed by atoms with Crippen molar-refractivity contribution in [1.82, 2.24) is 0 Å². The summed E-state index contributed by atoms with van der Waals surface area (Å²) in [5.41, 5.74) is 6.39. The maximum Gasteiger partial charge on any atom is 0.315 e. The van der Waals surface area contributed by atoms with Gasteiger partial charge in [0.2, 0.25) is 0 Å². The minimum atomic E-state index is -0.301. The second-order valence-corrected chi connectivity index (χ2v) is 5.05. The Morgan fingerprint density at radius 3 is 2.72 bits per heavy atom. The Hall–Kier alpha value is -1.07. The van der Waals surface area contributed by atoms with E-state index in [-0.39, 0.29) is 28.8 Å². The van der Waals surface area contributed by atoms with Crippen molar-refractivity contribution in [2.24, 2.45) is 5.73 Å². The predicted octanol–water partition coefficient (Wildman–Crippen LogP) is 2.51. The predicted molar refractivity (Wildman–Crippen MR) is 71.9 cm³/mol. The van der Waals surface area contributed by atoms with Crippen molar-refractivity contribution in [3.8, 4) is 0 Å². The standard InChI is InChI=1S/C13H18FNO2S/c1-3-17-12(16)8-18-13(9(2)15)10-6-4-5-7-11(10)14/h4-7,9,13H,3,8,15H2,1-2H3. The molecule has 18 heavy (non-hydrogen) atoms. The molecule has 100 valence electrons. The molecule has 1 aromatic carbocycles. The molecular weight excluding hydrogens is 253 g/mol. The van der Waals surface area contributed by atoms with E-state index >= 15 is 0 Å². The van der Waals surface area contributed by atoms with Crippen LogP contribution in [0.5, 0.6) is 0 Å². The molecule has 5 heteroatoms. The van der Waals surface area contributed by atoms with Gasteiger partial charge >= 0.3 is 5.97 Å². The molecule has 0 aliphatic rings. The van der Waals surface area contributed by atoms with Gasteiger partial charge in [-0.1, -0.05) is 18.2 Å². The number of esters is 1. The van der Waals surface area contributed by atoms with Crippen LogP contribution in [0.25, 0.3) is 0 Å². The molecule has 0 fully saturated rings. The summed E-state index contributed by atoms with van der Waals surface area (Å²) in [5, 5.41) is -0.254. The van der Waals surface area contributed by atoms with Crippen molar-refractivity contribution < 1.29 is 13.9 Å². The van der Waals surface area contributed by atoms with Crippen LogP contribution in [0.3, 0.4) is 0 Å². The monoisotopic (exact) mass is 271 g/mol. The smallest absolute Gasteiger partial charge is 0.315 e. The van der Waals surface area contributed by atoms with Crippen LogP contribution in [0.4, 0.5) is 4.39 Å². The molecule has 2 atom stereocenters. The molecule has 0 amide bonds. The van der Waals surface area contributed by atoms with Gasteiger partial charge in [-0.15, -0.1) is 11.8 Å². The largest absolute Gasteiger partial charge is 0.465 e. The average molecular weight is 271 g/mol. The number of rotatable bonds is 6. The normalized spacial score (nSPS) is 14.0. The fourth-order valence-corrected chi connectivity index (χ4v) is 2.66. The lowest BCUT2D eigenvalue weighted by Gasteiger charge is -2.20. The van der Waals surface area contributed by atoms with Crippen LogP contribution < -0.4 is 5.73 Å². The molecule has 0 aliphatic carbocycles. The highest BCUT2D eigenvalue weighted by molar-refractivity contribution is 8.00. The maximum absolute atomic E-state index is 13.7. The van der Waals surface area contributed by atoms with Gasteiger partial charge in [0.25, 0.3) is 0 Å². The van der Waals surface area contributed by atoms with Crippen LogP contribution in [0.15, 0.2) is 24.3 Å². The lowest BCUT2D eigenvalue weighted by molar-refractivity contribution is -0.139. The number of carbonyl (C=O) groups is 1. The maximum atomic E-state index is 13.7. The first-order chi connectivity index (χ1) is 8.56. The van der Waals surface area contributed by atoms with Crippen LogP contribution in [-0.4, -0.2) is 24.4 Å². The molecule has 3 nitrogen and oxygen atoms in total. The molecule has 2 N–H and O–H groups in total. The third-order valence-electron chi connectivity index (χ3n) is 2.38. The van der Waals surface area contributed by atoms with E-state index in [2.05, 4.69) is 0 Å². The summed E-state index contributed by atoms with van der Waals surface area (Å²) in [6.07, 6.45) is 0. The highest BCUT2D eigenvalue weighted by Crippen LogP contribution is 2.32. The molecule has 0 aromatic heterocycles. The average Bonchev–Trinajstić information content (AvgIpc) is 2.31. The zero-order chi connectivity index (χ0) is 13.5. The summed E-state index contributed by atoms with van der Waals surface area (Å²) in [7, 11) is 0. The van der Waals surface area contributed by atoms with Gasteiger partial charge < -0.3 is 10.5 Å². The number of ether oxygens (including phenoxy) is 1. The van der Waals surface area contributed by atoms with Crippen LogP contribution in [0.1, 0.15) is 24.7 Å². The topological polar surface area (TPSA) is 52.3 Å². The summed E-state index contributed by atoms with van der Waals surface area (Å²) in [5.74, 6) is -0.422. The molecule has 0 spiro atoms. The molecular formula is C13H18FNO2S. The van der Waals surface area contributed by atoms with Gasteiger partial charge in [-0.3, -0.25) is 4.79 Å².